The van der Waals surface area contributed by atoms with E-state index in [2.05, 4.69) is 13.8 Å². The van der Waals surface area contributed by atoms with Gasteiger partial charge in [-0.2, -0.15) is 0 Å². The van der Waals surface area contributed by atoms with Gasteiger partial charge in [0.05, 0.1) is 0 Å². The van der Waals surface area contributed by atoms with E-state index in [4.69, 9.17) is 10.2 Å². The molecule has 1 aromatic carbocycles. The van der Waals surface area contributed by atoms with Crippen molar-refractivity contribution >= 4 is 0 Å². The second-order valence-electron chi connectivity index (χ2n) is 1.86. The predicted molar refractivity (Wildman–Crippen MR) is 81.4 cm³/mol. The number of hydrogen-bond donors (Lipinski definition) is 2. The Morgan fingerprint density at radius 2 is 0.588 bits per heavy atom. The molecular weight excluding hydrogens is 212 g/mol. The maximum atomic E-state index is 7.00. The van der Waals surface area contributed by atoms with E-state index >= 15 is 0 Å². The summed E-state index contributed by atoms with van der Waals surface area (Å²) in [5.41, 5.74) is 0. The van der Waals surface area contributed by atoms with Gasteiger partial charge < -0.3 is 10.2 Å². The molecule has 0 saturated heterocycles. The molecule has 0 spiro atoms. The van der Waals surface area contributed by atoms with Gasteiger partial charge in [0.1, 0.15) is 0 Å². The summed E-state index contributed by atoms with van der Waals surface area (Å²) >= 11 is 0. The van der Waals surface area contributed by atoms with Crippen LogP contribution in [0.1, 0.15) is 48.0 Å². The van der Waals surface area contributed by atoms with Crippen LogP contribution in [-0.2, 0) is 0 Å². The van der Waals surface area contributed by atoms with Crippen molar-refractivity contribution in [2.75, 3.05) is 14.2 Å². The molecule has 0 aromatic heterocycles. The molecule has 1 aromatic rings. The maximum absolute atomic E-state index is 7.00. The third-order valence-corrected chi connectivity index (χ3v) is 0.667. The summed E-state index contributed by atoms with van der Waals surface area (Å²) in [6, 6.07) is 12.0. The van der Waals surface area contributed by atoms with Crippen molar-refractivity contribution in [2.24, 2.45) is 0 Å². The summed E-state index contributed by atoms with van der Waals surface area (Å²) in [6.45, 7) is 12.2. The summed E-state index contributed by atoms with van der Waals surface area (Å²) in [7, 11) is 2.00. The minimum Gasteiger partial charge on any atom is -0.400 e. The zero-order valence-electron chi connectivity index (χ0n) is 13.1. The van der Waals surface area contributed by atoms with Crippen molar-refractivity contribution in [3.63, 3.8) is 0 Å². The molecule has 0 aliphatic heterocycles. The highest BCUT2D eigenvalue weighted by molar-refractivity contribution is 4.99. The minimum atomic E-state index is 1.00. The highest BCUT2D eigenvalue weighted by Gasteiger charge is 1.57. The third kappa shape index (κ3) is 98.9. The molecule has 2 N–H and O–H groups in total. The molecule has 0 amide bonds. The van der Waals surface area contributed by atoms with E-state index in [1.165, 1.54) is 6.42 Å². The van der Waals surface area contributed by atoms with Crippen molar-refractivity contribution in [1.29, 1.82) is 0 Å². The van der Waals surface area contributed by atoms with Gasteiger partial charge in [-0.3, -0.25) is 0 Å². The van der Waals surface area contributed by atoms with E-state index in [-0.39, 0.29) is 0 Å². The lowest BCUT2D eigenvalue weighted by molar-refractivity contribution is 0.399. The van der Waals surface area contributed by atoms with E-state index in [1.807, 2.05) is 64.1 Å². The van der Waals surface area contributed by atoms with E-state index in [0.717, 1.165) is 14.2 Å². The zero-order chi connectivity index (χ0) is 14.9. The van der Waals surface area contributed by atoms with Gasteiger partial charge >= 0.3 is 0 Å². The third-order valence-electron chi connectivity index (χ3n) is 0.667. The number of aliphatic hydroxyl groups is 2. The highest BCUT2D eigenvalue weighted by Crippen LogP contribution is 1.79. The van der Waals surface area contributed by atoms with Crippen molar-refractivity contribution in [2.45, 2.75) is 48.0 Å². The number of hydrogen-bond acceptors (Lipinski definition) is 2. The molecule has 0 aliphatic carbocycles. The Bertz CT molecular complexity index is 91.8. The topological polar surface area (TPSA) is 40.5 Å². The molecule has 0 fully saturated rings. The van der Waals surface area contributed by atoms with Gasteiger partial charge in [0.15, 0.2) is 0 Å². The van der Waals surface area contributed by atoms with Crippen molar-refractivity contribution in [3.05, 3.63) is 36.4 Å². The Hall–Kier alpha value is -0.860. The van der Waals surface area contributed by atoms with Gasteiger partial charge in [0.2, 0.25) is 0 Å². The Morgan fingerprint density at radius 3 is 0.647 bits per heavy atom. The number of rotatable bonds is 0. The van der Waals surface area contributed by atoms with Crippen LogP contribution in [0.15, 0.2) is 36.4 Å². The monoisotopic (exact) mass is 246 g/mol. The first-order valence-corrected chi connectivity index (χ1v) is 6.31. The molecule has 0 saturated carbocycles. The Morgan fingerprint density at radius 1 is 0.529 bits per heavy atom. The maximum Gasteiger partial charge on any atom is 0.0319 e. The molecule has 0 aliphatic rings. The van der Waals surface area contributed by atoms with Gasteiger partial charge in [-0.1, -0.05) is 84.4 Å². The molecule has 2 heteroatoms. The summed E-state index contributed by atoms with van der Waals surface area (Å²) in [6.07, 6.45) is 1.25. The summed E-state index contributed by atoms with van der Waals surface area (Å²) in [5.74, 6) is 0. The molecule has 1 rings (SSSR count). The SMILES string of the molecule is CC.CC.CCC.CO.CO.c1ccccc1. The second-order valence-corrected chi connectivity index (χ2v) is 1.86. The lowest BCUT2D eigenvalue weighted by Crippen LogP contribution is -1.47. The average molecular weight is 246 g/mol. The minimum absolute atomic E-state index is 1.00. The fraction of sp³-hybridized carbons (Fsp3) is 0.600. The Balaban J connectivity index is -0.0000000382. The number of benzene rings is 1. The van der Waals surface area contributed by atoms with Gasteiger partial charge in [0, 0.05) is 14.2 Å². The second kappa shape index (κ2) is 80.3. The fourth-order valence-corrected chi connectivity index (χ4v) is 0.385. The van der Waals surface area contributed by atoms with Crippen molar-refractivity contribution in [3.8, 4) is 0 Å². The summed E-state index contributed by atoms with van der Waals surface area (Å²) in [4.78, 5) is 0. The van der Waals surface area contributed by atoms with Crippen LogP contribution in [0.2, 0.25) is 0 Å². The zero-order valence-corrected chi connectivity index (χ0v) is 13.1. The Kier molecular flexibility index (Phi) is 141. The van der Waals surface area contributed by atoms with Gasteiger partial charge in [-0.05, 0) is 0 Å². The first kappa shape index (κ1) is 29.8. The molecule has 2 nitrogen and oxygen atoms in total. The van der Waals surface area contributed by atoms with Crippen LogP contribution < -0.4 is 0 Å². The van der Waals surface area contributed by atoms with Gasteiger partial charge in [-0.15, -0.1) is 0 Å². The molecule has 0 heterocycles. The quantitative estimate of drug-likeness (QED) is 0.713. The van der Waals surface area contributed by atoms with E-state index in [9.17, 15) is 0 Å². The first-order valence-electron chi connectivity index (χ1n) is 6.31. The molecule has 0 atom stereocenters. The van der Waals surface area contributed by atoms with Gasteiger partial charge in [0.25, 0.3) is 0 Å². The Labute approximate surface area is 109 Å². The van der Waals surface area contributed by atoms with Crippen LogP contribution in [0.4, 0.5) is 0 Å². The average Bonchev–Trinajstić information content (AvgIpc) is 2.50. The van der Waals surface area contributed by atoms with Crippen LogP contribution in [-0.4, -0.2) is 24.4 Å². The van der Waals surface area contributed by atoms with Crippen LogP contribution >= 0.6 is 0 Å². The fourth-order valence-electron chi connectivity index (χ4n) is 0.385. The largest absolute Gasteiger partial charge is 0.400 e. The van der Waals surface area contributed by atoms with Crippen LogP contribution in [0.3, 0.4) is 0 Å². The normalized spacial score (nSPS) is 5.29. The predicted octanol–water partition coefficient (Wildman–Crippen LogP) is 4.37. The van der Waals surface area contributed by atoms with E-state index < -0.39 is 0 Å². The lowest BCUT2D eigenvalue weighted by Gasteiger charge is -1.69. The van der Waals surface area contributed by atoms with Crippen LogP contribution in [0, 0.1) is 0 Å². The van der Waals surface area contributed by atoms with Crippen molar-refractivity contribution in [1.82, 2.24) is 0 Å². The molecule has 0 radical (unpaired) electrons. The van der Waals surface area contributed by atoms with Crippen molar-refractivity contribution < 1.29 is 10.2 Å². The van der Waals surface area contributed by atoms with Gasteiger partial charge in [-0.25, -0.2) is 0 Å². The van der Waals surface area contributed by atoms with Crippen LogP contribution in [0.25, 0.3) is 0 Å². The molecule has 106 valence electrons. The van der Waals surface area contributed by atoms with Crippen LogP contribution in [0.5, 0.6) is 0 Å². The molecule has 17 heavy (non-hydrogen) atoms. The van der Waals surface area contributed by atoms with E-state index in [1.54, 1.807) is 0 Å². The highest BCUT2D eigenvalue weighted by atomic mass is 16.2. The standard InChI is InChI=1S/C6H6.C3H8.2C2H6.2CH4O/c1-2-4-6-5-3-1;1-3-2;4*1-2/h1-6H;3H2,1-2H3;2*1-2H3;2*2H,1H3. The molecule has 0 unspecified atom stereocenters. The molecular formula is C15H34O2. The number of aliphatic hydroxyl groups excluding tert-OH is 2. The molecule has 0 bridgehead atoms. The van der Waals surface area contributed by atoms with E-state index in [0.29, 0.717) is 0 Å². The smallest absolute Gasteiger partial charge is 0.0319 e. The summed E-state index contributed by atoms with van der Waals surface area (Å²) in [5, 5.41) is 14.0. The first-order chi connectivity index (χ1) is 8.41. The lowest BCUT2D eigenvalue weighted by atomic mass is 10.4. The summed E-state index contributed by atoms with van der Waals surface area (Å²) < 4.78 is 0.